The molecule has 0 saturated carbocycles. The van der Waals surface area contributed by atoms with Gasteiger partial charge in [0.25, 0.3) is 0 Å². The van der Waals surface area contributed by atoms with Gasteiger partial charge in [-0.3, -0.25) is 0 Å². The van der Waals surface area contributed by atoms with Crippen molar-refractivity contribution in [1.82, 2.24) is 15.0 Å². The first-order chi connectivity index (χ1) is 9.63. The predicted molar refractivity (Wildman–Crippen MR) is 59.3 cm³/mol. The summed E-state index contributed by atoms with van der Waals surface area (Å²) < 4.78 is 77.2. The number of benzene rings is 1. The molecule has 0 aliphatic carbocycles. The van der Waals surface area contributed by atoms with Crippen molar-refractivity contribution in [3.63, 3.8) is 0 Å². The second-order valence-corrected chi connectivity index (χ2v) is 4.11. The van der Waals surface area contributed by atoms with E-state index < -0.39 is 29.2 Å². The van der Waals surface area contributed by atoms with Gasteiger partial charge in [0, 0.05) is 6.54 Å². The Morgan fingerprint density at radius 2 is 1.48 bits per heavy atom. The predicted octanol–water partition coefficient (Wildman–Crippen LogP) is 2.76. The van der Waals surface area contributed by atoms with Gasteiger partial charge in [-0.25, -0.2) is 4.68 Å². The van der Waals surface area contributed by atoms with Crippen molar-refractivity contribution >= 4 is 0 Å². The van der Waals surface area contributed by atoms with Crippen LogP contribution in [0.25, 0.3) is 5.69 Å². The van der Waals surface area contributed by atoms with Gasteiger partial charge in [-0.15, -0.1) is 5.10 Å². The summed E-state index contributed by atoms with van der Waals surface area (Å²) in [5, 5.41) is 6.88. The summed E-state index contributed by atoms with van der Waals surface area (Å²) >= 11 is 0. The molecule has 0 amide bonds. The molecule has 0 aliphatic heterocycles. The third kappa shape index (κ3) is 3.15. The lowest BCUT2D eigenvalue weighted by molar-refractivity contribution is -0.143. The normalized spacial score (nSPS) is 12.7. The molecule has 114 valence electrons. The number of nitrogens with zero attached hydrogens (tertiary/aromatic N) is 3. The molecule has 1 heterocycles. The number of rotatable bonds is 2. The van der Waals surface area contributed by atoms with Crippen LogP contribution in [0.5, 0.6) is 0 Å². The fraction of sp³-hybridized carbons (Fsp3) is 0.273. The highest BCUT2D eigenvalue weighted by Gasteiger charge is 2.37. The number of halogens is 6. The summed E-state index contributed by atoms with van der Waals surface area (Å²) in [5.74, 6) is 0. The number of hydrogen-bond donors (Lipinski definition) is 1. The minimum Gasteiger partial charge on any atom is -0.325 e. The third-order valence-electron chi connectivity index (χ3n) is 2.65. The van der Waals surface area contributed by atoms with Gasteiger partial charge in [0.1, 0.15) is 0 Å². The van der Waals surface area contributed by atoms with E-state index >= 15 is 0 Å². The third-order valence-corrected chi connectivity index (χ3v) is 2.65. The van der Waals surface area contributed by atoms with E-state index in [-0.39, 0.29) is 18.3 Å². The summed E-state index contributed by atoms with van der Waals surface area (Å²) in [4.78, 5) is 0. The zero-order valence-corrected chi connectivity index (χ0v) is 10.2. The van der Waals surface area contributed by atoms with Gasteiger partial charge in [0.2, 0.25) is 0 Å². The van der Waals surface area contributed by atoms with Crippen LogP contribution in [-0.2, 0) is 18.9 Å². The zero-order chi connectivity index (χ0) is 15.8. The molecule has 2 N–H and O–H groups in total. The minimum atomic E-state index is -4.92. The van der Waals surface area contributed by atoms with Gasteiger partial charge in [-0.1, -0.05) is 5.21 Å². The molecule has 0 spiro atoms. The number of hydrogen-bond acceptors (Lipinski definition) is 3. The molecule has 0 atom stereocenters. The van der Waals surface area contributed by atoms with Crippen molar-refractivity contribution in [3.8, 4) is 5.69 Å². The van der Waals surface area contributed by atoms with Crippen LogP contribution >= 0.6 is 0 Å². The largest absolute Gasteiger partial charge is 0.416 e. The van der Waals surface area contributed by atoms with E-state index in [1.165, 1.54) is 0 Å². The second kappa shape index (κ2) is 5.02. The SMILES string of the molecule is NCc1cnnn1-c1cc(C(F)(F)F)cc(C(F)(F)F)c1. The first-order valence-corrected chi connectivity index (χ1v) is 5.52. The van der Waals surface area contributed by atoms with Gasteiger partial charge in [0.05, 0.1) is 28.7 Å². The summed E-state index contributed by atoms with van der Waals surface area (Å²) in [6.45, 7) is -0.134. The highest BCUT2D eigenvalue weighted by atomic mass is 19.4. The van der Waals surface area contributed by atoms with E-state index in [4.69, 9.17) is 5.73 Å². The molecule has 21 heavy (non-hydrogen) atoms. The monoisotopic (exact) mass is 310 g/mol. The van der Waals surface area contributed by atoms with Crippen LogP contribution in [0.1, 0.15) is 16.8 Å². The first kappa shape index (κ1) is 15.3. The van der Waals surface area contributed by atoms with Gasteiger partial charge >= 0.3 is 12.4 Å². The standard InChI is InChI=1S/C11H8F6N4/c12-10(13,14)6-1-7(11(15,16)17)3-8(2-6)21-9(4-18)5-19-20-21/h1-3,5H,4,18H2. The fourth-order valence-corrected chi connectivity index (χ4v) is 1.67. The molecular weight excluding hydrogens is 302 g/mol. The average molecular weight is 310 g/mol. The maximum atomic E-state index is 12.7. The molecule has 0 unspecified atom stereocenters. The Kier molecular flexibility index (Phi) is 3.66. The van der Waals surface area contributed by atoms with Crippen LogP contribution in [0.2, 0.25) is 0 Å². The Hall–Kier alpha value is -2.10. The molecule has 0 aliphatic rings. The van der Waals surface area contributed by atoms with Crippen molar-refractivity contribution in [2.24, 2.45) is 5.73 Å². The van der Waals surface area contributed by atoms with Crippen LogP contribution < -0.4 is 5.73 Å². The molecule has 1 aromatic heterocycles. The number of aromatic nitrogens is 3. The van der Waals surface area contributed by atoms with E-state index in [0.29, 0.717) is 12.1 Å². The van der Waals surface area contributed by atoms with Crippen LogP contribution in [0.4, 0.5) is 26.3 Å². The van der Waals surface area contributed by atoms with Crippen LogP contribution in [0, 0.1) is 0 Å². The van der Waals surface area contributed by atoms with Gasteiger partial charge in [-0.2, -0.15) is 26.3 Å². The van der Waals surface area contributed by atoms with Crippen LogP contribution in [0.3, 0.4) is 0 Å². The molecular formula is C11H8F6N4. The summed E-state index contributed by atoms with van der Waals surface area (Å²) in [6.07, 6.45) is -8.67. The highest BCUT2D eigenvalue weighted by Crippen LogP contribution is 2.37. The zero-order valence-electron chi connectivity index (χ0n) is 10.2. The van der Waals surface area contributed by atoms with Gasteiger partial charge in [-0.05, 0) is 18.2 Å². The van der Waals surface area contributed by atoms with Gasteiger partial charge in [0.15, 0.2) is 0 Å². The highest BCUT2D eigenvalue weighted by molar-refractivity contribution is 5.42. The molecule has 10 heteroatoms. The van der Waals surface area contributed by atoms with Crippen molar-refractivity contribution in [2.75, 3.05) is 0 Å². The van der Waals surface area contributed by atoms with Gasteiger partial charge < -0.3 is 5.73 Å². The smallest absolute Gasteiger partial charge is 0.325 e. The fourth-order valence-electron chi connectivity index (χ4n) is 1.67. The van der Waals surface area contributed by atoms with E-state index in [9.17, 15) is 26.3 Å². The Morgan fingerprint density at radius 1 is 0.952 bits per heavy atom. The maximum absolute atomic E-state index is 12.7. The molecule has 4 nitrogen and oxygen atoms in total. The lowest BCUT2D eigenvalue weighted by Gasteiger charge is -2.14. The van der Waals surface area contributed by atoms with Crippen LogP contribution in [-0.4, -0.2) is 15.0 Å². The number of alkyl halides is 6. The summed E-state index contributed by atoms with van der Waals surface area (Å²) in [6, 6.07) is 1.16. The van der Waals surface area contributed by atoms with Crippen LogP contribution in [0.15, 0.2) is 24.4 Å². The Balaban J connectivity index is 2.66. The lowest BCUT2D eigenvalue weighted by atomic mass is 10.1. The lowest BCUT2D eigenvalue weighted by Crippen LogP contribution is -2.14. The van der Waals surface area contributed by atoms with Crippen molar-refractivity contribution in [1.29, 1.82) is 0 Å². The summed E-state index contributed by atoms with van der Waals surface area (Å²) in [5.41, 5.74) is 2.26. The Labute approximate surface area is 114 Å². The molecule has 2 aromatic rings. The topological polar surface area (TPSA) is 56.7 Å². The Bertz CT molecular complexity index is 611. The number of nitrogens with two attached hydrogens (primary N) is 1. The summed E-state index contributed by atoms with van der Waals surface area (Å²) in [7, 11) is 0. The maximum Gasteiger partial charge on any atom is 0.416 e. The molecule has 0 saturated heterocycles. The van der Waals surface area contributed by atoms with E-state index in [1.807, 2.05) is 0 Å². The molecule has 0 radical (unpaired) electrons. The van der Waals surface area contributed by atoms with E-state index in [2.05, 4.69) is 10.3 Å². The second-order valence-electron chi connectivity index (χ2n) is 4.11. The van der Waals surface area contributed by atoms with Crippen molar-refractivity contribution in [2.45, 2.75) is 18.9 Å². The molecule has 1 aromatic carbocycles. The molecule has 0 fully saturated rings. The first-order valence-electron chi connectivity index (χ1n) is 5.52. The molecule has 0 bridgehead atoms. The van der Waals surface area contributed by atoms with Crippen molar-refractivity contribution in [3.05, 3.63) is 41.2 Å². The minimum absolute atomic E-state index is 0.0442. The van der Waals surface area contributed by atoms with E-state index in [1.54, 1.807) is 0 Å². The Morgan fingerprint density at radius 3 is 1.90 bits per heavy atom. The quantitative estimate of drug-likeness (QED) is 0.868. The average Bonchev–Trinajstić information content (AvgIpc) is 2.84. The van der Waals surface area contributed by atoms with Crippen molar-refractivity contribution < 1.29 is 26.3 Å². The molecule has 2 rings (SSSR count). The van der Waals surface area contributed by atoms with E-state index in [0.717, 1.165) is 10.9 Å².